The van der Waals surface area contributed by atoms with E-state index >= 15 is 0 Å². The first-order valence-corrected chi connectivity index (χ1v) is 9.50. The third-order valence-electron chi connectivity index (χ3n) is 8.29. The molecule has 3 heterocycles. The van der Waals surface area contributed by atoms with Crippen LogP contribution in [0.1, 0.15) is 18.9 Å². The molecule has 1 spiro atoms. The standard InChI is InChI=1S/C21H24N2O2/c1-12-15-11-23-9-5-8-20(12)10-13(18(24)25-2)17-21(15,19(20)23)14-6-3-4-7-16(14)22-17/h3-8,12-13,15,17,19,22H,9-11H2,1-2H3/t12-,13+,15+,17+,19+,20-,21-/m0/s1. The molecule has 1 aromatic rings. The first kappa shape index (κ1) is 14.4. The lowest BCUT2D eigenvalue weighted by atomic mass is 9.56. The Hall–Kier alpha value is -1.81. The number of methoxy groups -OCH3 is 1. The molecule has 3 fully saturated rings. The van der Waals surface area contributed by atoms with Gasteiger partial charge in [-0.2, -0.15) is 0 Å². The first-order chi connectivity index (χ1) is 12.1. The van der Waals surface area contributed by atoms with Crippen LogP contribution in [0.25, 0.3) is 0 Å². The van der Waals surface area contributed by atoms with E-state index in [1.807, 2.05) is 0 Å². The zero-order valence-electron chi connectivity index (χ0n) is 14.7. The molecule has 1 aromatic carbocycles. The van der Waals surface area contributed by atoms with E-state index in [9.17, 15) is 4.79 Å². The fraction of sp³-hybridized carbons (Fsp3) is 0.571. The Kier molecular flexibility index (Phi) is 2.47. The molecule has 6 rings (SSSR count). The normalized spacial score (nSPS) is 48.0. The number of anilines is 1. The highest BCUT2D eigenvalue weighted by Gasteiger charge is 2.80. The van der Waals surface area contributed by atoms with Gasteiger partial charge in [0.05, 0.1) is 19.1 Å². The van der Waals surface area contributed by atoms with Crippen molar-refractivity contribution in [3.8, 4) is 0 Å². The van der Waals surface area contributed by atoms with E-state index in [0.717, 1.165) is 19.5 Å². The predicted octanol–water partition coefficient (Wildman–Crippen LogP) is 2.42. The van der Waals surface area contributed by atoms with Crippen molar-refractivity contribution in [2.75, 3.05) is 25.5 Å². The zero-order chi connectivity index (χ0) is 17.0. The summed E-state index contributed by atoms with van der Waals surface area (Å²) < 4.78 is 5.26. The summed E-state index contributed by atoms with van der Waals surface area (Å²) in [7, 11) is 1.53. The number of piperidine rings is 1. The molecule has 4 bridgehead atoms. The smallest absolute Gasteiger partial charge is 0.310 e. The summed E-state index contributed by atoms with van der Waals surface area (Å²) in [5, 5.41) is 3.78. The minimum atomic E-state index is -0.0798. The third-order valence-corrected chi connectivity index (χ3v) is 8.29. The van der Waals surface area contributed by atoms with Gasteiger partial charge in [0.1, 0.15) is 0 Å². The summed E-state index contributed by atoms with van der Waals surface area (Å²) >= 11 is 0. The van der Waals surface area contributed by atoms with Gasteiger partial charge < -0.3 is 10.1 Å². The Morgan fingerprint density at radius 3 is 3.04 bits per heavy atom. The van der Waals surface area contributed by atoms with Crippen molar-refractivity contribution < 1.29 is 9.53 Å². The third kappa shape index (κ3) is 1.31. The molecule has 0 amide bonds. The molecule has 4 heteroatoms. The van der Waals surface area contributed by atoms with Crippen LogP contribution < -0.4 is 5.32 Å². The number of carbonyl (C=O) groups excluding carboxylic acids is 1. The second-order valence-electron chi connectivity index (χ2n) is 8.70. The molecule has 5 aliphatic rings. The molecule has 2 aliphatic carbocycles. The Balaban J connectivity index is 1.66. The van der Waals surface area contributed by atoms with Crippen LogP contribution in [-0.4, -0.2) is 43.2 Å². The summed E-state index contributed by atoms with van der Waals surface area (Å²) in [6.45, 7) is 4.63. The number of hydrogen-bond acceptors (Lipinski definition) is 4. The van der Waals surface area contributed by atoms with Crippen molar-refractivity contribution in [1.29, 1.82) is 0 Å². The highest BCUT2D eigenvalue weighted by Crippen LogP contribution is 2.74. The van der Waals surface area contributed by atoms with Gasteiger partial charge in [0.25, 0.3) is 0 Å². The maximum absolute atomic E-state index is 12.8. The fourth-order valence-corrected chi connectivity index (χ4v) is 7.68. The second-order valence-corrected chi connectivity index (χ2v) is 8.70. The van der Waals surface area contributed by atoms with Crippen LogP contribution in [0.3, 0.4) is 0 Å². The van der Waals surface area contributed by atoms with Gasteiger partial charge in [-0.05, 0) is 29.9 Å². The van der Waals surface area contributed by atoms with Gasteiger partial charge in [0.2, 0.25) is 0 Å². The van der Waals surface area contributed by atoms with Gasteiger partial charge in [-0.1, -0.05) is 37.3 Å². The van der Waals surface area contributed by atoms with Crippen molar-refractivity contribution in [3.63, 3.8) is 0 Å². The summed E-state index contributed by atoms with van der Waals surface area (Å²) in [6, 6.07) is 9.42. The summed E-state index contributed by atoms with van der Waals surface area (Å²) in [6.07, 6.45) is 5.71. The van der Waals surface area contributed by atoms with Crippen molar-refractivity contribution in [3.05, 3.63) is 42.0 Å². The molecular weight excluding hydrogens is 312 g/mol. The Bertz CT molecular complexity index is 820. The van der Waals surface area contributed by atoms with Gasteiger partial charge in [0.15, 0.2) is 0 Å². The lowest BCUT2D eigenvalue weighted by Crippen LogP contribution is -2.63. The molecule has 2 saturated carbocycles. The number of hydrogen-bond donors (Lipinski definition) is 1. The average molecular weight is 336 g/mol. The molecule has 4 nitrogen and oxygen atoms in total. The van der Waals surface area contributed by atoms with Gasteiger partial charge in [0, 0.05) is 35.6 Å². The number of benzene rings is 1. The van der Waals surface area contributed by atoms with E-state index < -0.39 is 0 Å². The number of nitrogens with zero attached hydrogens (tertiary/aromatic N) is 1. The van der Waals surface area contributed by atoms with Crippen LogP contribution in [0.2, 0.25) is 0 Å². The number of rotatable bonds is 1. The Morgan fingerprint density at radius 2 is 2.20 bits per heavy atom. The van der Waals surface area contributed by atoms with Gasteiger partial charge in [-0.15, -0.1) is 0 Å². The molecule has 3 aliphatic heterocycles. The van der Waals surface area contributed by atoms with E-state index in [2.05, 4.69) is 53.6 Å². The zero-order valence-corrected chi connectivity index (χ0v) is 14.7. The highest BCUT2D eigenvalue weighted by molar-refractivity contribution is 5.79. The summed E-state index contributed by atoms with van der Waals surface area (Å²) in [5.41, 5.74) is 2.82. The topological polar surface area (TPSA) is 41.6 Å². The van der Waals surface area contributed by atoms with Crippen molar-refractivity contribution in [2.24, 2.45) is 23.2 Å². The second kappa shape index (κ2) is 4.29. The molecule has 0 unspecified atom stereocenters. The van der Waals surface area contributed by atoms with E-state index in [1.165, 1.54) is 18.4 Å². The number of ether oxygens (including phenoxy) is 1. The van der Waals surface area contributed by atoms with Crippen molar-refractivity contribution in [2.45, 2.75) is 30.8 Å². The molecule has 0 radical (unpaired) electrons. The predicted molar refractivity (Wildman–Crippen MR) is 95.2 cm³/mol. The van der Waals surface area contributed by atoms with E-state index in [4.69, 9.17) is 4.74 Å². The lowest BCUT2D eigenvalue weighted by Gasteiger charge is -2.54. The number of nitrogens with one attached hydrogen (secondary N) is 1. The molecular formula is C21H24N2O2. The maximum Gasteiger partial charge on any atom is 0.310 e. The summed E-state index contributed by atoms with van der Waals surface area (Å²) in [4.78, 5) is 15.5. The highest BCUT2D eigenvalue weighted by atomic mass is 16.5. The quantitative estimate of drug-likeness (QED) is 0.632. The number of para-hydroxylation sites is 1. The maximum atomic E-state index is 12.8. The molecule has 7 atom stereocenters. The van der Waals surface area contributed by atoms with Gasteiger partial charge in [-0.25, -0.2) is 0 Å². The van der Waals surface area contributed by atoms with Crippen LogP contribution in [0.4, 0.5) is 5.69 Å². The monoisotopic (exact) mass is 336 g/mol. The molecule has 1 saturated heterocycles. The number of esters is 1. The van der Waals surface area contributed by atoms with Gasteiger partial charge >= 0.3 is 5.97 Å². The summed E-state index contributed by atoms with van der Waals surface area (Å²) in [5.74, 6) is 1.06. The minimum Gasteiger partial charge on any atom is -0.469 e. The minimum absolute atomic E-state index is 0.0396. The van der Waals surface area contributed by atoms with Crippen LogP contribution in [0.15, 0.2) is 36.4 Å². The van der Waals surface area contributed by atoms with Crippen molar-refractivity contribution in [1.82, 2.24) is 4.90 Å². The molecule has 1 N–H and O–H groups in total. The fourth-order valence-electron chi connectivity index (χ4n) is 7.68. The Morgan fingerprint density at radius 1 is 1.36 bits per heavy atom. The van der Waals surface area contributed by atoms with Crippen LogP contribution in [-0.2, 0) is 14.9 Å². The number of carbonyl (C=O) groups is 1. The van der Waals surface area contributed by atoms with Crippen LogP contribution in [0.5, 0.6) is 0 Å². The van der Waals surface area contributed by atoms with Gasteiger partial charge in [-0.3, -0.25) is 9.69 Å². The first-order valence-electron chi connectivity index (χ1n) is 9.50. The molecule has 0 aromatic heterocycles. The SMILES string of the molecule is COC(=O)[C@@H]1C[C@@]23C=CCN4C[C@H]([C@@H]2C)[C@]2(c5ccccc5N[C@H]12)[C@H]43. The van der Waals surface area contributed by atoms with Crippen LogP contribution >= 0.6 is 0 Å². The molecule has 25 heavy (non-hydrogen) atoms. The number of fused-ring (bicyclic) bond motifs is 1. The average Bonchev–Trinajstić information content (AvgIpc) is 3.22. The van der Waals surface area contributed by atoms with E-state index in [-0.39, 0.29) is 28.8 Å². The van der Waals surface area contributed by atoms with E-state index in [1.54, 1.807) is 0 Å². The molecule has 130 valence electrons. The van der Waals surface area contributed by atoms with E-state index in [0.29, 0.717) is 17.9 Å². The van der Waals surface area contributed by atoms with Crippen LogP contribution in [0, 0.1) is 23.2 Å². The Labute approximate surface area is 148 Å². The largest absolute Gasteiger partial charge is 0.469 e. The van der Waals surface area contributed by atoms with Crippen molar-refractivity contribution >= 4 is 11.7 Å². The lowest BCUT2D eigenvalue weighted by molar-refractivity contribution is -0.150.